The van der Waals surface area contributed by atoms with Gasteiger partial charge in [-0.2, -0.15) is 0 Å². The molecule has 5 heteroatoms. The average molecular weight is 310 g/mol. The van der Waals surface area contributed by atoms with Crippen molar-refractivity contribution in [3.63, 3.8) is 0 Å². The van der Waals surface area contributed by atoms with Crippen LogP contribution < -0.4 is 11.1 Å². The van der Waals surface area contributed by atoms with Gasteiger partial charge < -0.3 is 15.8 Å². The first-order chi connectivity index (χ1) is 9.62. The second kappa shape index (κ2) is 6.78. The van der Waals surface area contributed by atoms with Gasteiger partial charge in [-0.25, -0.2) is 0 Å². The predicted octanol–water partition coefficient (Wildman–Crippen LogP) is 3.27. The Morgan fingerprint density at radius 2 is 2.25 bits per heavy atom. The van der Waals surface area contributed by atoms with Crippen molar-refractivity contribution in [2.75, 3.05) is 31.8 Å². The molecule has 2 rings (SSSR count). The summed E-state index contributed by atoms with van der Waals surface area (Å²) >= 11 is 6.87. The van der Waals surface area contributed by atoms with Gasteiger partial charge in [0.15, 0.2) is 0 Å². The highest BCUT2D eigenvalue weighted by Crippen LogP contribution is 2.48. The number of benzene rings is 1. The van der Waals surface area contributed by atoms with E-state index in [1.165, 1.54) is 12.8 Å². The van der Waals surface area contributed by atoms with E-state index in [1.54, 1.807) is 18.9 Å². The molecule has 0 aliphatic heterocycles. The fraction of sp³-hybridized carbons (Fsp3) is 0.533. The van der Waals surface area contributed by atoms with Crippen molar-refractivity contribution >= 4 is 34.7 Å². The van der Waals surface area contributed by atoms with Crippen LogP contribution in [0.25, 0.3) is 0 Å². The van der Waals surface area contributed by atoms with Gasteiger partial charge >= 0.3 is 0 Å². The summed E-state index contributed by atoms with van der Waals surface area (Å²) in [6.45, 7) is 1.79. The van der Waals surface area contributed by atoms with Crippen LogP contribution >= 0.6 is 24.0 Å². The molecule has 3 nitrogen and oxygen atoms in total. The number of nitrogens with two attached hydrogens (primary N) is 1. The Morgan fingerprint density at radius 3 is 2.80 bits per heavy atom. The first kappa shape index (κ1) is 15.6. The molecular weight excluding hydrogens is 288 g/mol. The summed E-state index contributed by atoms with van der Waals surface area (Å²) in [7, 11) is 1.76. The van der Waals surface area contributed by atoms with Gasteiger partial charge in [0.05, 0.1) is 0 Å². The molecule has 1 aromatic rings. The third kappa shape index (κ3) is 3.65. The zero-order valence-corrected chi connectivity index (χ0v) is 13.7. The lowest BCUT2D eigenvalue weighted by molar-refractivity contribution is 0.175. The summed E-state index contributed by atoms with van der Waals surface area (Å²) in [4.78, 5) is 1.59. The van der Waals surface area contributed by atoms with Crippen LogP contribution in [0.3, 0.4) is 0 Å². The van der Waals surface area contributed by atoms with Crippen LogP contribution in [0.1, 0.15) is 24.8 Å². The molecule has 1 aromatic carbocycles. The summed E-state index contributed by atoms with van der Waals surface area (Å²) in [5.41, 5.74) is 8.30. The van der Waals surface area contributed by atoms with Gasteiger partial charge in [-0.15, -0.1) is 11.8 Å². The lowest BCUT2D eigenvalue weighted by Crippen LogP contribution is -2.20. The number of hydrogen-bond donors (Lipinski definition) is 2. The van der Waals surface area contributed by atoms with Gasteiger partial charge in [-0.05, 0) is 43.1 Å². The van der Waals surface area contributed by atoms with E-state index >= 15 is 0 Å². The second-order valence-corrected chi connectivity index (χ2v) is 6.63. The van der Waals surface area contributed by atoms with Crippen LogP contribution in [-0.4, -0.2) is 31.5 Å². The fourth-order valence-corrected chi connectivity index (χ4v) is 3.32. The highest BCUT2D eigenvalue weighted by Gasteiger charge is 2.41. The van der Waals surface area contributed by atoms with Crippen molar-refractivity contribution in [2.45, 2.75) is 24.2 Å². The molecule has 110 valence electrons. The Kier molecular flexibility index (Phi) is 5.29. The predicted molar refractivity (Wildman–Crippen MR) is 90.8 cm³/mol. The van der Waals surface area contributed by atoms with Crippen LogP contribution in [0, 0.1) is 5.41 Å². The fourth-order valence-electron chi connectivity index (χ4n) is 2.40. The molecule has 3 N–H and O–H groups in total. The largest absolute Gasteiger partial charge is 0.389 e. The Morgan fingerprint density at radius 1 is 1.50 bits per heavy atom. The molecule has 0 atom stereocenters. The van der Waals surface area contributed by atoms with Crippen molar-refractivity contribution < 1.29 is 4.74 Å². The standard InChI is InChI=1S/C15H22N2OS2/c1-18-9-8-15(6-7-15)10-17-11-4-3-5-12(20-2)13(11)14(16)19/h3-5,17H,6-10H2,1-2H3,(H2,16,19). The number of hydrogen-bond acceptors (Lipinski definition) is 4. The number of rotatable bonds is 8. The normalized spacial score (nSPS) is 15.9. The number of thiocarbonyl (C=S) groups is 1. The Labute approximate surface area is 130 Å². The smallest absolute Gasteiger partial charge is 0.107 e. The number of thioether (sulfide) groups is 1. The molecule has 20 heavy (non-hydrogen) atoms. The highest BCUT2D eigenvalue weighted by molar-refractivity contribution is 7.98. The average Bonchev–Trinajstić information content (AvgIpc) is 3.22. The molecule has 1 fully saturated rings. The monoisotopic (exact) mass is 310 g/mol. The molecular formula is C15H22N2OS2. The summed E-state index contributed by atoms with van der Waals surface area (Å²) in [6.07, 6.45) is 5.70. The van der Waals surface area contributed by atoms with E-state index in [9.17, 15) is 0 Å². The molecule has 1 saturated carbocycles. The molecule has 0 spiro atoms. The zero-order valence-electron chi connectivity index (χ0n) is 12.1. The Bertz CT molecular complexity index is 487. The van der Waals surface area contributed by atoms with Gasteiger partial charge in [0.1, 0.15) is 4.99 Å². The Hall–Kier alpha value is -0.780. The van der Waals surface area contributed by atoms with E-state index in [0.717, 1.165) is 35.7 Å². The van der Waals surface area contributed by atoms with Crippen LogP contribution in [0.4, 0.5) is 5.69 Å². The quantitative estimate of drug-likeness (QED) is 0.570. The van der Waals surface area contributed by atoms with E-state index in [0.29, 0.717) is 10.4 Å². The van der Waals surface area contributed by atoms with Crippen LogP contribution in [0.2, 0.25) is 0 Å². The lowest BCUT2D eigenvalue weighted by Gasteiger charge is -2.19. The molecule has 0 radical (unpaired) electrons. The van der Waals surface area contributed by atoms with Gasteiger partial charge in [0.2, 0.25) is 0 Å². The van der Waals surface area contributed by atoms with E-state index < -0.39 is 0 Å². The maximum Gasteiger partial charge on any atom is 0.107 e. The van der Waals surface area contributed by atoms with Gasteiger partial charge in [0.25, 0.3) is 0 Å². The molecule has 0 heterocycles. The molecule has 1 aliphatic carbocycles. The maximum atomic E-state index is 5.88. The zero-order chi connectivity index (χ0) is 14.6. The van der Waals surface area contributed by atoms with Crippen molar-refractivity contribution in [3.8, 4) is 0 Å². The molecule has 0 amide bonds. The number of nitrogens with one attached hydrogen (secondary N) is 1. The van der Waals surface area contributed by atoms with Gasteiger partial charge in [-0.3, -0.25) is 0 Å². The van der Waals surface area contributed by atoms with E-state index in [-0.39, 0.29) is 0 Å². The topological polar surface area (TPSA) is 47.3 Å². The molecule has 0 saturated heterocycles. The third-order valence-corrected chi connectivity index (χ3v) is 4.92. The van der Waals surface area contributed by atoms with Crippen molar-refractivity contribution in [3.05, 3.63) is 23.8 Å². The second-order valence-electron chi connectivity index (χ2n) is 5.34. The van der Waals surface area contributed by atoms with Crippen molar-refractivity contribution in [1.29, 1.82) is 0 Å². The van der Waals surface area contributed by atoms with E-state index in [2.05, 4.69) is 17.4 Å². The Balaban J connectivity index is 2.08. The molecule has 0 aromatic heterocycles. The lowest BCUT2D eigenvalue weighted by atomic mass is 10.0. The van der Waals surface area contributed by atoms with Crippen LogP contribution in [0.15, 0.2) is 23.1 Å². The minimum absolute atomic E-state index is 0.402. The minimum atomic E-state index is 0.402. The van der Waals surface area contributed by atoms with E-state index in [1.807, 2.05) is 12.3 Å². The summed E-state index contributed by atoms with van der Waals surface area (Å²) in [6, 6.07) is 6.16. The number of anilines is 1. The summed E-state index contributed by atoms with van der Waals surface area (Å²) in [5, 5.41) is 3.54. The maximum absolute atomic E-state index is 5.88. The van der Waals surface area contributed by atoms with Gasteiger partial charge in [0, 0.05) is 36.4 Å². The molecule has 1 aliphatic rings. The van der Waals surface area contributed by atoms with E-state index in [4.69, 9.17) is 22.7 Å². The van der Waals surface area contributed by atoms with Crippen molar-refractivity contribution in [1.82, 2.24) is 0 Å². The van der Waals surface area contributed by atoms with Crippen LogP contribution in [0.5, 0.6) is 0 Å². The summed E-state index contributed by atoms with van der Waals surface area (Å²) in [5.74, 6) is 0. The molecule has 0 bridgehead atoms. The minimum Gasteiger partial charge on any atom is -0.389 e. The third-order valence-electron chi connectivity index (χ3n) is 3.94. The molecule has 0 unspecified atom stereocenters. The number of methoxy groups -OCH3 is 1. The summed E-state index contributed by atoms with van der Waals surface area (Å²) < 4.78 is 5.20. The highest BCUT2D eigenvalue weighted by atomic mass is 32.2. The SMILES string of the molecule is COCCC1(CNc2cccc(SC)c2C(N)=S)CC1. The van der Waals surface area contributed by atoms with Gasteiger partial charge in [-0.1, -0.05) is 18.3 Å². The number of ether oxygens (including phenoxy) is 1. The van der Waals surface area contributed by atoms with Crippen molar-refractivity contribution in [2.24, 2.45) is 11.1 Å². The first-order valence-corrected chi connectivity index (χ1v) is 8.45. The van der Waals surface area contributed by atoms with Crippen LogP contribution in [-0.2, 0) is 4.74 Å². The first-order valence-electron chi connectivity index (χ1n) is 6.81.